The third kappa shape index (κ3) is 3.59. The Balaban J connectivity index is 2.10. The summed E-state index contributed by atoms with van der Waals surface area (Å²) in [6.07, 6.45) is 1.71. The summed E-state index contributed by atoms with van der Waals surface area (Å²) >= 11 is 5.75. The first kappa shape index (κ1) is 15.5. The molecule has 1 aliphatic heterocycles. The number of β-amino-alcohol motifs (C(OH)–C–C–N with tert-alkyl or cyclic N) is 1. The van der Waals surface area contributed by atoms with Crippen molar-refractivity contribution in [3.63, 3.8) is 0 Å². The molecule has 0 spiro atoms. The summed E-state index contributed by atoms with van der Waals surface area (Å²) in [5.74, 6) is 0. The molecule has 1 atom stereocenters. The maximum Gasteiger partial charge on any atom is 0.236 e. The van der Waals surface area contributed by atoms with Crippen LogP contribution in [-0.4, -0.2) is 48.2 Å². The maximum atomic E-state index is 12.1. The van der Waals surface area contributed by atoms with Crippen LogP contribution in [0.25, 0.3) is 6.08 Å². The van der Waals surface area contributed by atoms with Crippen molar-refractivity contribution in [3.05, 3.63) is 40.3 Å². The highest BCUT2D eigenvalue weighted by Crippen LogP contribution is 2.24. The molecular formula is C13H16ClNO4S. The van der Waals surface area contributed by atoms with Gasteiger partial charge >= 0.3 is 0 Å². The van der Waals surface area contributed by atoms with Crippen LogP contribution in [-0.2, 0) is 10.0 Å². The predicted molar refractivity (Wildman–Crippen MR) is 77.6 cm³/mol. The van der Waals surface area contributed by atoms with Crippen molar-refractivity contribution < 1.29 is 18.6 Å². The van der Waals surface area contributed by atoms with Crippen LogP contribution in [0.1, 0.15) is 12.0 Å². The lowest BCUT2D eigenvalue weighted by atomic mass is 10.1. The molecular weight excluding hydrogens is 302 g/mol. The number of sulfonamides is 1. The molecule has 0 bridgehead atoms. The summed E-state index contributed by atoms with van der Waals surface area (Å²) in [6, 6.07) is 6.77. The first-order valence-electron chi connectivity index (χ1n) is 6.12. The van der Waals surface area contributed by atoms with E-state index in [2.05, 4.69) is 0 Å². The summed E-state index contributed by atoms with van der Waals surface area (Å²) in [6.45, 7) is -0.332. The van der Waals surface area contributed by atoms with Crippen LogP contribution in [0.2, 0.25) is 5.02 Å². The summed E-state index contributed by atoms with van der Waals surface area (Å²) in [5.41, 5.74) is -0.615. The Bertz CT molecular complexity index is 599. The van der Waals surface area contributed by atoms with Crippen molar-refractivity contribution >= 4 is 27.7 Å². The standard InChI is InChI=1S/C13H16ClNO4S/c14-12-3-1-11(2-4-12)5-8-20(18,19)15-7-6-13(17,9-15)10-16/h1-5,8,16-17H,6-7,9-10H2/b8-5+. The minimum Gasteiger partial charge on any atom is -0.393 e. The molecule has 1 aromatic rings. The molecule has 110 valence electrons. The van der Waals surface area contributed by atoms with Gasteiger partial charge in [0.15, 0.2) is 0 Å². The average molecular weight is 318 g/mol. The first-order valence-corrected chi connectivity index (χ1v) is 8.00. The highest BCUT2D eigenvalue weighted by Gasteiger charge is 2.39. The number of aliphatic hydroxyl groups is 2. The van der Waals surface area contributed by atoms with Gasteiger partial charge in [-0.3, -0.25) is 0 Å². The van der Waals surface area contributed by atoms with Gasteiger partial charge in [0.05, 0.1) is 6.61 Å². The van der Waals surface area contributed by atoms with Gasteiger partial charge in [-0.05, 0) is 30.2 Å². The molecule has 1 fully saturated rings. The number of aliphatic hydroxyl groups excluding tert-OH is 1. The Labute approximate surface area is 123 Å². The van der Waals surface area contributed by atoms with E-state index in [1.807, 2.05) is 0 Å². The zero-order chi connectivity index (χ0) is 14.8. The first-order chi connectivity index (χ1) is 9.35. The van der Waals surface area contributed by atoms with Gasteiger partial charge < -0.3 is 10.2 Å². The second kappa shape index (κ2) is 5.83. The molecule has 0 radical (unpaired) electrons. The van der Waals surface area contributed by atoms with Gasteiger partial charge in [-0.15, -0.1) is 0 Å². The molecule has 5 nitrogen and oxygen atoms in total. The number of hydrogen-bond acceptors (Lipinski definition) is 4. The van der Waals surface area contributed by atoms with Gasteiger partial charge in [-0.1, -0.05) is 23.7 Å². The maximum absolute atomic E-state index is 12.1. The third-order valence-electron chi connectivity index (χ3n) is 3.25. The van der Waals surface area contributed by atoms with Crippen LogP contribution in [0, 0.1) is 0 Å². The van der Waals surface area contributed by atoms with Crippen LogP contribution in [0.3, 0.4) is 0 Å². The molecule has 1 aromatic carbocycles. The fourth-order valence-corrected chi connectivity index (χ4v) is 3.38. The Morgan fingerprint density at radius 1 is 1.35 bits per heavy atom. The highest BCUT2D eigenvalue weighted by atomic mass is 35.5. The number of rotatable bonds is 4. The lowest BCUT2D eigenvalue weighted by Gasteiger charge is -2.19. The molecule has 7 heteroatoms. The zero-order valence-corrected chi connectivity index (χ0v) is 12.3. The number of benzene rings is 1. The van der Waals surface area contributed by atoms with E-state index in [0.29, 0.717) is 5.02 Å². The Kier molecular flexibility index (Phi) is 4.51. The summed E-state index contributed by atoms with van der Waals surface area (Å²) in [5, 5.41) is 20.6. The lowest BCUT2D eigenvalue weighted by molar-refractivity contribution is -0.000676. The minimum atomic E-state index is -3.60. The van der Waals surface area contributed by atoms with Gasteiger partial charge in [0.25, 0.3) is 0 Å². The summed E-state index contributed by atoms with van der Waals surface area (Å²) < 4.78 is 25.4. The van der Waals surface area contributed by atoms with Crippen molar-refractivity contribution in [3.8, 4) is 0 Å². The topological polar surface area (TPSA) is 77.8 Å². The van der Waals surface area contributed by atoms with Crippen LogP contribution in [0.5, 0.6) is 0 Å². The van der Waals surface area contributed by atoms with E-state index >= 15 is 0 Å². The highest BCUT2D eigenvalue weighted by molar-refractivity contribution is 7.92. The monoisotopic (exact) mass is 317 g/mol. The van der Waals surface area contributed by atoms with Gasteiger partial charge in [0.2, 0.25) is 10.0 Å². The van der Waals surface area contributed by atoms with E-state index in [4.69, 9.17) is 16.7 Å². The summed E-state index contributed by atoms with van der Waals surface area (Å²) in [4.78, 5) is 0. The Hall–Kier alpha value is -0.920. The molecule has 2 rings (SSSR count). The molecule has 1 saturated heterocycles. The molecule has 20 heavy (non-hydrogen) atoms. The fourth-order valence-electron chi connectivity index (χ4n) is 1.99. The van der Waals surface area contributed by atoms with Gasteiger partial charge in [-0.25, -0.2) is 8.42 Å². The van der Waals surface area contributed by atoms with Crippen molar-refractivity contribution in [2.45, 2.75) is 12.0 Å². The van der Waals surface area contributed by atoms with E-state index in [1.54, 1.807) is 24.3 Å². The number of halogens is 1. The lowest BCUT2D eigenvalue weighted by Crippen LogP contribution is -2.38. The second-order valence-corrected chi connectivity index (χ2v) is 7.12. The van der Waals surface area contributed by atoms with E-state index in [9.17, 15) is 13.5 Å². The van der Waals surface area contributed by atoms with E-state index in [-0.39, 0.29) is 19.5 Å². The fraction of sp³-hybridized carbons (Fsp3) is 0.385. The smallest absolute Gasteiger partial charge is 0.236 e. The van der Waals surface area contributed by atoms with E-state index in [1.165, 1.54) is 6.08 Å². The van der Waals surface area contributed by atoms with Crippen molar-refractivity contribution in [1.29, 1.82) is 0 Å². The van der Waals surface area contributed by atoms with Gasteiger partial charge in [0.1, 0.15) is 5.60 Å². The summed E-state index contributed by atoms with van der Waals surface area (Å²) in [7, 11) is -3.60. The number of nitrogens with zero attached hydrogens (tertiary/aromatic N) is 1. The minimum absolute atomic E-state index is 0.0865. The van der Waals surface area contributed by atoms with Crippen molar-refractivity contribution in [2.75, 3.05) is 19.7 Å². The molecule has 0 aliphatic carbocycles. The predicted octanol–water partition coefficient (Wildman–Crippen LogP) is 1.07. The van der Waals surface area contributed by atoms with Crippen LogP contribution < -0.4 is 0 Å². The molecule has 0 saturated carbocycles. The molecule has 1 aliphatic rings. The quantitative estimate of drug-likeness (QED) is 0.871. The number of hydrogen-bond donors (Lipinski definition) is 2. The average Bonchev–Trinajstić information content (AvgIpc) is 2.83. The van der Waals surface area contributed by atoms with Crippen molar-refractivity contribution in [1.82, 2.24) is 4.31 Å². The molecule has 0 aromatic heterocycles. The Morgan fingerprint density at radius 2 is 2.00 bits per heavy atom. The van der Waals surface area contributed by atoms with E-state index in [0.717, 1.165) is 15.3 Å². The molecule has 1 unspecified atom stereocenters. The normalized spacial score (nSPS) is 24.6. The zero-order valence-electron chi connectivity index (χ0n) is 10.7. The second-order valence-electron chi connectivity index (χ2n) is 4.87. The molecule has 0 amide bonds. The van der Waals surface area contributed by atoms with Gasteiger partial charge in [-0.2, -0.15) is 4.31 Å². The van der Waals surface area contributed by atoms with Crippen LogP contribution in [0.15, 0.2) is 29.7 Å². The third-order valence-corrected chi connectivity index (χ3v) is 5.02. The Morgan fingerprint density at radius 3 is 2.55 bits per heavy atom. The van der Waals surface area contributed by atoms with E-state index < -0.39 is 22.2 Å². The SMILES string of the molecule is O=S(=O)(/C=C/c1ccc(Cl)cc1)N1CCC(O)(CO)C1. The van der Waals surface area contributed by atoms with Crippen LogP contribution >= 0.6 is 11.6 Å². The van der Waals surface area contributed by atoms with Crippen LogP contribution in [0.4, 0.5) is 0 Å². The van der Waals surface area contributed by atoms with Crippen molar-refractivity contribution in [2.24, 2.45) is 0 Å². The largest absolute Gasteiger partial charge is 0.393 e. The van der Waals surface area contributed by atoms with Gasteiger partial charge in [0, 0.05) is 23.5 Å². The molecule has 2 N–H and O–H groups in total. The molecule has 1 heterocycles.